The van der Waals surface area contributed by atoms with E-state index in [9.17, 15) is 18.0 Å². The molecule has 1 N–H and O–H groups in total. The van der Waals surface area contributed by atoms with E-state index < -0.39 is 27.4 Å². The van der Waals surface area contributed by atoms with E-state index in [-0.39, 0.29) is 35.8 Å². The van der Waals surface area contributed by atoms with Gasteiger partial charge < -0.3 is 15.0 Å². The highest BCUT2D eigenvalue weighted by atomic mass is 79.9. The van der Waals surface area contributed by atoms with E-state index in [1.807, 2.05) is 29.2 Å². The van der Waals surface area contributed by atoms with Crippen LogP contribution in [0.2, 0.25) is 0 Å². The summed E-state index contributed by atoms with van der Waals surface area (Å²) in [6.07, 6.45) is -0.572. The van der Waals surface area contributed by atoms with Crippen molar-refractivity contribution in [2.24, 2.45) is 4.99 Å². The Kier molecular flexibility index (Phi) is 6.83. The molecule has 2 aliphatic rings. The standard InChI is InChI=1S/C19H24BrN3O5S2/c1-19(2,3)28-18(25)21-8-7-16(24)22-17-23(13-6-4-5-12(20)9-13)14-10-30(26,27)11-15(14)29-17/h4-6,9,14-15H,7-8,10-11H2,1-3H3,(H,21,25)/t14-,15-/m1/s1. The Morgan fingerprint density at radius 1 is 1.33 bits per heavy atom. The van der Waals surface area contributed by atoms with Gasteiger partial charge in [-0.2, -0.15) is 4.99 Å². The second-order valence-corrected chi connectivity index (χ2v) is 12.4. The fraction of sp³-hybridized carbons (Fsp3) is 0.526. The van der Waals surface area contributed by atoms with Crippen molar-refractivity contribution in [3.8, 4) is 0 Å². The van der Waals surface area contributed by atoms with E-state index in [1.54, 1.807) is 20.8 Å². The Labute approximate surface area is 188 Å². The van der Waals surface area contributed by atoms with Crippen LogP contribution in [0.15, 0.2) is 33.7 Å². The molecule has 2 amide bonds. The minimum Gasteiger partial charge on any atom is -0.444 e. The van der Waals surface area contributed by atoms with Gasteiger partial charge >= 0.3 is 6.09 Å². The van der Waals surface area contributed by atoms with Crippen molar-refractivity contribution in [1.29, 1.82) is 0 Å². The maximum atomic E-state index is 12.4. The number of hydrogen-bond donors (Lipinski definition) is 1. The molecule has 0 bridgehead atoms. The molecule has 2 heterocycles. The first-order chi connectivity index (χ1) is 13.9. The van der Waals surface area contributed by atoms with Gasteiger partial charge in [-0.25, -0.2) is 13.2 Å². The number of benzene rings is 1. The lowest BCUT2D eigenvalue weighted by Gasteiger charge is -2.24. The van der Waals surface area contributed by atoms with E-state index in [4.69, 9.17) is 4.74 Å². The summed E-state index contributed by atoms with van der Waals surface area (Å²) in [7, 11) is -3.12. The van der Waals surface area contributed by atoms with Gasteiger partial charge in [0, 0.05) is 28.4 Å². The molecule has 1 aromatic carbocycles. The Balaban J connectivity index is 1.71. The van der Waals surface area contributed by atoms with Crippen LogP contribution in [0, 0.1) is 0 Å². The van der Waals surface area contributed by atoms with Crippen LogP contribution in [0.25, 0.3) is 0 Å². The number of aliphatic imine (C=N–C) groups is 1. The Bertz CT molecular complexity index is 975. The molecule has 0 radical (unpaired) electrons. The molecule has 164 valence electrons. The fourth-order valence-electron chi connectivity index (χ4n) is 3.24. The fourth-order valence-corrected chi connectivity index (χ4v) is 7.56. The molecule has 2 saturated heterocycles. The van der Waals surface area contributed by atoms with Gasteiger partial charge in [0.1, 0.15) is 5.60 Å². The minimum atomic E-state index is -3.12. The molecule has 0 spiro atoms. The number of carbonyl (C=O) groups excluding carboxylic acids is 2. The maximum absolute atomic E-state index is 12.4. The van der Waals surface area contributed by atoms with E-state index >= 15 is 0 Å². The van der Waals surface area contributed by atoms with Gasteiger partial charge in [-0.3, -0.25) is 4.79 Å². The van der Waals surface area contributed by atoms with Gasteiger partial charge in [-0.05, 0) is 39.0 Å². The van der Waals surface area contributed by atoms with Crippen molar-refractivity contribution in [2.75, 3.05) is 23.0 Å². The number of anilines is 1. The molecular weight excluding hydrogens is 494 g/mol. The average molecular weight is 518 g/mol. The Morgan fingerprint density at radius 2 is 2.07 bits per heavy atom. The zero-order chi connectivity index (χ0) is 22.1. The smallest absolute Gasteiger partial charge is 0.407 e. The highest BCUT2D eigenvalue weighted by Crippen LogP contribution is 2.41. The molecule has 0 unspecified atom stereocenters. The predicted molar refractivity (Wildman–Crippen MR) is 122 cm³/mol. The van der Waals surface area contributed by atoms with Crippen molar-refractivity contribution in [3.05, 3.63) is 28.7 Å². The first-order valence-electron chi connectivity index (χ1n) is 9.44. The number of nitrogens with one attached hydrogen (secondary N) is 1. The Morgan fingerprint density at radius 3 is 2.73 bits per heavy atom. The Hall–Kier alpha value is -1.59. The van der Waals surface area contributed by atoms with Crippen LogP contribution >= 0.6 is 27.7 Å². The SMILES string of the molecule is CC(C)(C)OC(=O)NCCC(=O)N=C1S[C@@H]2CS(=O)(=O)C[C@H]2N1c1cccc(Br)c1. The molecule has 1 aromatic rings. The molecule has 0 aromatic heterocycles. The lowest BCUT2D eigenvalue weighted by atomic mass is 10.2. The highest BCUT2D eigenvalue weighted by molar-refractivity contribution is 9.10. The van der Waals surface area contributed by atoms with Gasteiger partial charge in [-0.15, -0.1) is 0 Å². The summed E-state index contributed by atoms with van der Waals surface area (Å²) in [4.78, 5) is 30.2. The summed E-state index contributed by atoms with van der Waals surface area (Å²) in [6, 6.07) is 7.20. The zero-order valence-corrected chi connectivity index (χ0v) is 20.1. The number of amidine groups is 1. The lowest BCUT2D eigenvalue weighted by molar-refractivity contribution is -0.117. The van der Waals surface area contributed by atoms with Gasteiger partial charge in [-0.1, -0.05) is 33.8 Å². The monoisotopic (exact) mass is 517 g/mol. The van der Waals surface area contributed by atoms with Crippen LogP contribution < -0.4 is 10.2 Å². The number of sulfone groups is 1. The van der Waals surface area contributed by atoms with E-state index in [0.29, 0.717) is 5.17 Å². The summed E-state index contributed by atoms with van der Waals surface area (Å²) in [5.74, 6) is -0.290. The number of halogens is 1. The zero-order valence-electron chi connectivity index (χ0n) is 16.9. The van der Waals surface area contributed by atoms with Gasteiger partial charge in [0.25, 0.3) is 0 Å². The third-order valence-electron chi connectivity index (χ3n) is 4.38. The minimum absolute atomic E-state index is 0.0171. The number of rotatable bonds is 4. The van der Waals surface area contributed by atoms with Gasteiger partial charge in [0.2, 0.25) is 5.91 Å². The number of alkyl carbamates (subject to hydrolysis) is 1. The molecule has 2 aliphatic heterocycles. The van der Waals surface area contributed by atoms with Crippen molar-refractivity contribution < 1.29 is 22.7 Å². The number of fused-ring (bicyclic) bond motifs is 1. The van der Waals surface area contributed by atoms with Crippen molar-refractivity contribution >= 4 is 60.4 Å². The second-order valence-electron chi connectivity index (χ2n) is 8.12. The van der Waals surface area contributed by atoms with E-state index in [0.717, 1.165) is 10.2 Å². The third-order valence-corrected chi connectivity index (χ3v) is 8.08. The summed E-state index contributed by atoms with van der Waals surface area (Å²) in [5, 5.41) is 2.86. The number of hydrogen-bond acceptors (Lipinski definition) is 6. The quantitative estimate of drug-likeness (QED) is 0.654. The molecule has 0 aliphatic carbocycles. The number of nitrogens with zero attached hydrogens (tertiary/aromatic N) is 2. The third kappa shape index (κ3) is 5.98. The average Bonchev–Trinajstić information content (AvgIpc) is 3.03. The van der Waals surface area contributed by atoms with Gasteiger partial charge in [0.15, 0.2) is 15.0 Å². The maximum Gasteiger partial charge on any atom is 0.407 e. The summed E-state index contributed by atoms with van der Waals surface area (Å²) < 4.78 is 30.2. The molecule has 30 heavy (non-hydrogen) atoms. The topological polar surface area (TPSA) is 105 Å². The summed E-state index contributed by atoms with van der Waals surface area (Å²) >= 11 is 4.75. The van der Waals surface area contributed by atoms with Crippen LogP contribution in [0.4, 0.5) is 10.5 Å². The van der Waals surface area contributed by atoms with Crippen LogP contribution in [0.3, 0.4) is 0 Å². The highest BCUT2D eigenvalue weighted by Gasteiger charge is 2.49. The number of thioether (sulfide) groups is 1. The molecular formula is C19H24BrN3O5S2. The predicted octanol–water partition coefficient (Wildman–Crippen LogP) is 2.97. The molecule has 2 fully saturated rings. The van der Waals surface area contributed by atoms with Crippen molar-refractivity contribution in [3.63, 3.8) is 0 Å². The molecule has 0 saturated carbocycles. The first-order valence-corrected chi connectivity index (χ1v) is 12.9. The molecule has 2 atom stereocenters. The molecule has 3 rings (SSSR count). The largest absolute Gasteiger partial charge is 0.444 e. The second kappa shape index (κ2) is 8.88. The lowest BCUT2D eigenvalue weighted by Crippen LogP contribution is -2.37. The van der Waals surface area contributed by atoms with E-state index in [1.165, 1.54) is 11.8 Å². The molecule has 8 nitrogen and oxygen atoms in total. The van der Waals surface area contributed by atoms with Gasteiger partial charge in [0.05, 0.1) is 17.5 Å². The summed E-state index contributed by atoms with van der Waals surface area (Å²) in [5.41, 5.74) is 0.164. The van der Waals surface area contributed by atoms with Crippen molar-refractivity contribution in [1.82, 2.24) is 5.32 Å². The van der Waals surface area contributed by atoms with E-state index in [2.05, 4.69) is 26.2 Å². The van der Waals surface area contributed by atoms with Crippen molar-refractivity contribution in [2.45, 2.75) is 44.1 Å². The molecule has 11 heteroatoms. The number of ether oxygens (including phenoxy) is 1. The summed E-state index contributed by atoms with van der Waals surface area (Å²) in [6.45, 7) is 5.38. The number of amides is 2. The van der Waals surface area contributed by atoms with Crippen LogP contribution in [-0.4, -0.2) is 60.5 Å². The van der Waals surface area contributed by atoms with Crippen LogP contribution in [-0.2, 0) is 19.4 Å². The normalized spacial score (nSPS) is 24.0. The van der Waals surface area contributed by atoms with Crippen LogP contribution in [0.5, 0.6) is 0 Å². The number of carbonyl (C=O) groups is 2. The first kappa shape index (κ1) is 23.1. The van der Waals surface area contributed by atoms with Crippen LogP contribution in [0.1, 0.15) is 27.2 Å².